The minimum atomic E-state index is -3.98. The maximum Gasteiger partial charge on any atom is 0.268 e. The molecule has 0 spiro atoms. The Morgan fingerprint density at radius 2 is 1.68 bits per heavy atom. The summed E-state index contributed by atoms with van der Waals surface area (Å²) in [6, 6.07) is 11.9. The van der Waals surface area contributed by atoms with Crippen LogP contribution in [0.25, 0.3) is 0 Å². The maximum absolute atomic E-state index is 12.6. The summed E-state index contributed by atoms with van der Waals surface area (Å²) in [6.07, 6.45) is 0. The standard InChI is InChI=1S/C20H23N3O6S2/c1-3-22(4-2)31(28,29)17-11-9-16(10-12-17)21-19(24)13-23-20(25)18-8-6-5-7-15(18)14-30(23,26)27/h5-12H,3-4,13-14H2,1-2H3,(H,21,24). The molecule has 0 saturated carbocycles. The third-order valence-electron chi connectivity index (χ3n) is 4.92. The molecule has 166 valence electrons. The normalized spacial score (nSPS) is 15.6. The van der Waals surface area contributed by atoms with Crippen molar-refractivity contribution in [2.24, 2.45) is 0 Å². The van der Waals surface area contributed by atoms with Gasteiger partial charge in [-0.15, -0.1) is 0 Å². The Balaban J connectivity index is 1.73. The average molecular weight is 466 g/mol. The van der Waals surface area contributed by atoms with Gasteiger partial charge in [-0.25, -0.2) is 21.1 Å². The Morgan fingerprint density at radius 3 is 2.29 bits per heavy atom. The van der Waals surface area contributed by atoms with Gasteiger partial charge in [-0.3, -0.25) is 9.59 Å². The molecule has 1 heterocycles. The van der Waals surface area contributed by atoms with Gasteiger partial charge < -0.3 is 5.32 Å². The number of anilines is 1. The van der Waals surface area contributed by atoms with Crippen molar-refractivity contribution in [2.45, 2.75) is 24.5 Å². The van der Waals surface area contributed by atoms with E-state index in [-0.39, 0.29) is 21.9 Å². The second-order valence-corrected chi connectivity index (χ2v) is 10.7. The van der Waals surface area contributed by atoms with E-state index in [0.29, 0.717) is 23.0 Å². The summed E-state index contributed by atoms with van der Waals surface area (Å²) in [7, 11) is -7.61. The molecular weight excluding hydrogens is 442 g/mol. The fourth-order valence-electron chi connectivity index (χ4n) is 3.31. The Morgan fingerprint density at radius 1 is 1.06 bits per heavy atom. The molecule has 31 heavy (non-hydrogen) atoms. The van der Waals surface area contributed by atoms with Crippen molar-refractivity contribution in [3.05, 3.63) is 59.7 Å². The van der Waals surface area contributed by atoms with E-state index < -0.39 is 38.4 Å². The predicted molar refractivity (Wildman–Crippen MR) is 115 cm³/mol. The van der Waals surface area contributed by atoms with Gasteiger partial charge in [-0.1, -0.05) is 32.0 Å². The number of amides is 2. The maximum atomic E-state index is 12.6. The van der Waals surface area contributed by atoms with Crippen molar-refractivity contribution in [3.63, 3.8) is 0 Å². The van der Waals surface area contributed by atoms with E-state index in [1.54, 1.807) is 32.0 Å². The highest BCUT2D eigenvalue weighted by Gasteiger charge is 2.36. The van der Waals surface area contributed by atoms with Gasteiger partial charge in [0.05, 0.1) is 10.6 Å². The van der Waals surface area contributed by atoms with Crippen molar-refractivity contribution < 1.29 is 26.4 Å². The molecule has 0 aliphatic carbocycles. The average Bonchev–Trinajstić information content (AvgIpc) is 2.72. The first-order chi connectivity index (χ1) is 14.6. The molecule has 0 atom stereocenters. The van der Waals surface area contributed by atoms with Gasteiger partial charge >= 0.3 is 0 Å². The quantitative estimate of drug-likeness (QED) is 0.664. The van der Waals surface area contributed by atoms with Gasteiger partial charge in [0.15, 0.2) is 0 Å². The monoisotopic (exact) mass is 465 g/mol. The molecule has 0 fully saturated rings. The third kappa shape index (κ3) is 4.63. The van der Waals surface area contributed by atoms with Gasteiger partial charge in [0.2, 0.25) is 26.0 Å². The van der Waals surface area contributed by atoms with E-state index in [2.05, 4.69) is 5.32 Å². The van der Waals surface area contributed by atoms with Crippen molar-refractivity contribution in [2.75, 3.05) is 25.0 Å². The van der Waals surface area contributed by atoms with Gasteiger partial charge in [-0.05, 0) is 35.9 Å². The number of sulfonamides is 2. The lowest BCUT2D eigenvalue weighted by atomic mass is 10.1. The number of nitrogens with zero attached hydrogens (tertiary/aromatic N) is 2. The van der Waals surface area contributed by atoms with Crippen molar-refractivity contribution >= 4 is 37.5 Å². The van der Waals surface area contributed by atoms with Crippen molar-refractivity contribution in [1.29, 1.82) is 0 Å². The molecule has 1 aliphatic heterocycles. The highest BCUT2D eigenvalue weighted by atomic mass is 32.2. The number of carbonyl (C=O) groups excluding carboxylic acids is 2. The fraction of sp³-hybridized carbons (Fsp3) is 0.300. The molecule has 1 aliphatic rings. The first kappa shape index (κ1) is 22.9. The number of carbonyl (C=O) groups is 2. The number of benzene rings is 2. The van der Waals surface area contributed by atoms with Crippen molar-refractivity contribution in [3.8, 4) is 0 Å². The third-order valence-corrected chi connectivity index (χ3v) is 8.62. The zero-order chi connectivity index (χ0) is 22.8. The summed E-state index contributed by atoms with van der Waals surface area (Å²) in [5.41, 5.74) is 0.927. The fourth-order valence-corrected chi connectivity index (χ4v) is 6.24. The van der Waals surface area contributed by atoms with Crippen LogP contribution in [0.5, 0.6) is 0 Å². The van der Waals surface area contributed by atoms with Crippen LogP contribution in [0.2, 0.25) is 0 Å². The van der Waals surface area contributed by atoms with Gasteiger partial charge in [-0.2, -0.15) is 4.31 Å². The number of nitrogens with one attached hydrogen (secondary N) is 1. The topological polar surface area (TPSA) is 121 Å². The van der Waals surface area contributed by atoms with Crippen LogP contribution in [0.15, 0.2) is 53.4 Å². The highest BCUT2D eigenvalue weighted by molar-refractivity contribution is 7.89. The minimum absolute atomic E-state index is 0.0830. The molecule has 0 unspecified atom stereocenters. The minimum Gasteiger partial charge on any atom is -0.325 e. The smallest absolute Gasteiger partial charge is 0.268 e. The van der Waals surface area contributed by atoms with Crippen LogP contribution >= 0.6 is 0 Å². The van der Waals surface area contributed by atoms with E-state index in [4.69, 9.17) is 0 Å². The van der Waals surface area contributed by atoms with Crippen LogP contribution in [-0.4, -0.2) is 56.9 Å². The molecule has 9 nitrogen and oxygen atoms in total. The van der Waals surface area contributed by atoms with Crippen LogP contribution < -0.4 is 5.32 Å². The van der Waals surface area contributed by atoms with E-state index in [1.807, 2.05) is 0 Å². The van der Waals surface area contributed by atoms with Gasteiger partial charge in [0.1, 0.15) is 6.54 Å². The molecule has 3 rings (SSSR count). The molecule has 0 saturated heterocycles. The lowest BCUT2D eigenvalue weighted by molar-refractivity contribution is -0.116. The first-order valence-electron chi connectivity index (χ1n) is 9.63. The summed E-state index contributed by atoms with van der Waals surface area (Å²) < 4.78 is 51.9. The number of hydrogen-bond acceptors (Lipinski definition) is 6. The molecule has 2 aromatic rings. The van der Waals surface area contributed by atoms with Crippen LogP contribution in [0.4, 0.5) is 5.69 Å². The first-order valence-corrected chi connectivity index (χ1v) is 12.7. The number of fused-ring (bicyclic) bond motifs is 1. The SMILES string of the molecule is CCN(CC)S(=O)(=O)c1ccc(NC(=O)CN2C(=O)c3ccccc3CS2(=O)=O)cc1. The van der Waals surface area contributed by atoms with Crippen LogP contribution in [0.1, 0.15) is 29.8 Å². The Bertz CT molecular complexity index is 1200. The van der Waals surface area contributed by atoms with E-state index in [1.165, 1.54) is 34.6 Å². The highest BCUT2D eigenvalue weighted by Crippen LogP contribution is 2.24. The number of rotatable bonds is 7. The van der Waals surface area contributed by atoms with Crippen LogP contribution in [0, 0.1) is 0 Å². The molecule has 0 radical (unpaired) electrons. The van der Waals surface area contributed by atoms with Crippen molar-refractivity contribution in [1.82, 2.24) is 8.61 Å². The number of hydrogen-bond donors (Lipinski definition) is 1. The Hall–Kier alpha value is -2.76. The summed E-state index contributed by atoms with van der Waals surface area (Å²) in [5, 5.41) is 2.50. The van der Waals surface area contributed by atoms with Gasteiger partial charge in [0.25, 0.3) is 5.91 Å². The molecule has 2 aromatic carbocycles. The van der Waals surface area contributed by atoms with E-state index >= 15 is 0 Å². The second-order valence-electron chi connectivity index (χ2n) is 6.89. The molecule has 0 aromatic heterocycles. The molecule has 0 bridgehead atoms. The zero-order valence-electron chi connectivity index (χ0n) is 17.1. The van der Waals surface area contributed by atoms with E-state index in [0.717, 1.165) is 0 Å². The lowest BCUT2D eigenvalue weighted by Gasteiger charge is -2.27. The molecule has 1 N–H and O–H groups in total. The Labute approximate surface area is 181 Å². The second kappa shape index (κ2) is 8.77. The van der Waals surface area contributed by atoms with Gasteiger partial charge in [0, 0.05) is 24.3 Å². The molecular formula is C20H23N3O6S2. The largest absolute Gasteiger partial charge is 0.325 e. The molecule has 2 amide bonds. The zero-order valence-corrected chi connectivity index (χ0v) is 18.7. The van der Waals surface area contributed by atoms with Crippen LogP contribution in [0.3, 0.4) is 0 Å². The summed E-state index contributed by atoms with van der Waals surface area (Å²) in [6.45, 7) is 3.47. The molecule has 11 heteroatoms. The summed E-state index contributed by atoms with van der Waals surface area (Å²) >= 11 is 0. The summed E-state index contributed by atoms with van der Waals surface area (Å²) in [5.74, 6) is -1.83. The Kier molecular flexibility index (Phi) is 6.48. The summed E-state index contributed by atoms with van der Waals surface area (Å²) in [4.78, 5) is 25.1. The predicted octanol–water partition coefficient (Wildman–Crippen LogP) is 1.64. The lowest BCUT2D eigenvalue weighted by Crippen LogP contribution is -2.45. The van der Waals surface area contributed by atoms with Crippen LogP contribution in [-0.2, 0) is 30.6 Å². The van der Waals surface area contributed by atoms with E-state index in [9.17, 15) is 26.4 Å².